The number of hydrogen-bond donors (Lipinski definition) is 0. The van der Waals surface area contributed by atoms with Crippen LogP contribution in [0.1, 0.15) is 11.3 Å². The van der Waals surface area contributed by atoms with Crippen molar-refractivity contribution in [3.8, 4) is 17.2 Å². The molecule has 0 bridgehead atoms. The number of halogens is 1. The Hall–Kier alpha value is -3.63. The van der Waals surface area contributed by atoms with Gasteiger partial charge in [0, 0.05) is 17.7 Å². The van der Waals surface area contributed by atoms with Crippen molar-refractivity contribution in [1.29, 1.82) is 0 Å². The van der Waals surface area contributed by atoms with Crippen LogP contribution in [0.4, 0.5) is 5.69 Å². The summed E-state index contributed by atoms with van der Waals surface area (Å²) in [6, 6.07) is 20.1. The van der Waals surface area contributed by atoms with Crippen LogP contribution >= 0.6 is 15.9 Å². The molecule has 0 aliphatic heterocycles. The topological polar surface area (TPSA) is 91.9 Å². The summed E-state index contributed by atoms with van der Waals surface area (Å²) in [4.78, 5) is 17.5. The van der Waals surface area contributed by atoms with Crippen molar-refractivity contribution in [3.05, 3.63) is 98.9 Å². The number of rotatable bonds is 7. The van der Waals surface area contributed by atoms with Gasteiger partial charge >= 0.3 is 10.1 Å². The van der Waals surface area contributed by atoms with Gasteiger partial charge < -0.3 is 8.92 Å². The largest absolute Gasteiger partial charge is 0.493 e. The van der Waals surface area contributed by atoms with Gasteiger partial charge in [-0.05, 0) is 67.1 Å². The lowest BCUT2D eigenvalue weighted by molar-refractivity contribution is 0.390. The van der Waals surface area contributed by atoms with Gasteiger partial charge in [-0.1, -0.05) is 34.1 Å². The van der Waals surface area contributed by atoms with Gasteiger partial charge in [0.25, 0.3) is 5.56 Å². The summed E-state index contributed by atoms with van der Waals surface area (Å²) >= 11 is 3.28. The first-order valence-corrected chi connectivity index (χ1v) is 12.7. The molecule has 0 spiro atoms. The van der Waals surface area contributed by atoms with E-state index in [1.807, 2.05) is 37.3 Å². The molecule has 3 aromatic carbocycles. The van der Waals surface area contributed by atoms with Crippen LogP contribution in [0.3, 0.4) is 0 Å². The average Bonchev–Trinajstić information content (AvgIpc) is 3.06. The third-order valence-electron chi connectivity index (χ3n) is 5.36. The van der Waals surface area contributed by atoms with Crippen LogP contribution in [0.5, 0.6) is 11.5 Å². The third-order valence-corrected chi connectivity index (χ3v) is 7.13. The number of methoxy groups -OCH3 is 1. The van der Waals surface area contributed by atoms with E-state index in [-0.39, 0.29) is 22.0 Å². The number of para-hydroxylation sites is 1. The van der Waals surface area contributed by atoms with Crippen LogP contribution in [-0.2, 0) is 17.2 Å². The van der Waals surface area contributed by atoms with Crippen LogP contribution in [-0.4, -0.2) is 31.1 Å². The SMILES string of the molecule is COc1cc(C=Nc2c(C)n(C)n(-c3ccccc3)c2=O)ccc1OS(=O)(=O)c1ccc(Br)cc1. The monoisotopic (exact) mass is 555 g/mol. The van der Waals surface area contributed by atoms with E-state index in [1.54, 1.807) is 40.7 Å². The fourth-order valence-electron chi connectivity index (χ4n) is 3.44. The highest BCUT2D eigenvalue weighted by molar-refractivity contribution is 9.10. The smallest absolute Gasteiger partial charge is 0.339 e. The molecule has 180 valence electrons. The van der Waals surface area contributed by atoms with Crippen LogP contribution in [0.25, 0.3) is 5.69 Å². The van der Waals surface area contributed by atoms with E-state index in [1.165, 1.54) is 31.5 Å². The Morgan fingerprint density at radius 3 is 2.31 bits per heavy atom. The minimum Gasteiger partial charge on any atom is -0.493 e. The van der Waals surface area contributed by atoms with E-state index >= 15 is 0 Å². The van der Waals surface area contributed by atoms with Crippen molar-refractivity contribution in [2.24, 2.45) is 12.0 Å². The molecule has 0 saturated carbocycles. The molecule has 0 radical (unpaired) electrons. The zero-order chi connectivity index (χ0) is 25.2. The Morgan fingerprint density at radius 1 is 0.971 bits per heavy atom. The molecule has 0 unspecified atom stereocenters. The summed E-state index contributed by atoms with van der Waals surface area (Å²) in [5, 5.41) is 0. The molecule has 0 saturated heterocycles. The van der Waals surface area contributed by atoms with E-state index in [2.05, 4.69) is 20.9 Å². The number of aliphatic imine (C=N–C) groups is 1. The molecule has 0 atom stereocenters. The van der Waals surface area contributed by atoms with Crippen molar-refractivity contribution in [3.63, 3.8) is 0 Å². The van der Waals surface area contributed by atoms with Crippen molar-refractivity contribution in [1.82, 2.24) is 9.36 Å². The summed E-state index contributed by atoms with van der Waals surface area (Å²) in [6.45, 7) is 1.82. The zero-order valence-electron chi connectivity index (χ0n) is 19.2. The van der Waals surface area contributed by atoms with Gasteiger partial charge in [0.2, 0.25) is 0 Å². The lowest BCUT2D eigenvalue weighted by atomic mass is 10.2. The van der Waals surface area contributed by atoms with Crippen molar-refractivity contribution >= 4 is 38.0 Å². The molecule has 10 heteroatoms. The third kappa shape index (κ3) is 5.08. The highest BCUT2D eigenvalue weighted by atomic mass is 79.9. The predicted octanol–water partition coefficient (Wildman–Crippen LogP) is 4.77. The van der Waals surface area contributed by atoms with Gasteiger partial charge in [0.15, 0.2) is 17.2 Å². The molecule has 0 aliphatic rings. The summed E-state index contributed by atoms with van der Waals surface area (Å²) in [6.07, 6.45) is 1.52. The maximum Gasteiger partial charge on any atom is 0.339 e. The van der Waals surface area contributed by atoms with Crippen molar-refractivity contribution < 1.29 is 17.3 Å². The minimum atomic E-state index is -4.05. The Kier molecular flexibility index (Phi) is 6.95. The van der Waals surface area contributed by atoms with Gasteiger partial charge in [-0.2, -0.15) is 8.42 Å². The normalized spacial score (nSPS) is 11.7. The first-order chi connectivity index (χ1) is 16.7. The molecule has 0 N–H and O–H groups in total. The van der Waals surface area contributed by atoms with E-state index in [0.717, 1.165) is 10.2 Å². The Morgan fingerprint density at radius 2 is 1.66 bits per heavy atom. The molecule has 0 aliphatic carbocycles. The summed E-state index contributed by atoms with van der Waals surface area (Å²) in [5.41, 5.74) is 2.08. The summed E-state index contributed by atoms with van der Waals surface area (Å²) in [5.74, 6) is 0.246. The van der Waals surface area contributed by atoms with E-state index < -0.39 is 10.1 Å². The van der Waals surface area contributed by atoms with Gasteiger partial charge in [-0.15, -0.1) is 0 Å². The van der Waals surface area contributed by atoms with Crippen LogP contribution in [0.15, 0.2) is 92.0 Å². The fourth-order valence-corrected chi connectivity index (χ4v) is 4.65. The number of nitrogens with zero attached hydrogens (tertiary/aromatic N) is 3. The molecule has 0 amide bonds. The maximum atomic E-state index is 13.0. The standard InChI is InChI=1S/C25H22BrN3O5S/c1-17-24(25(30)29(28(17)2)20-7-5-4-6-8-20)27-16-18-9-14-22(23(15-18)33-3)34-35(31,32)21-12-10-19(26)11-13-21/h4-16H,1-3H3. The molecule has 4 rings (SSSR count). The second-order valence-electron chi connectivity index (χ2n) is 7.57. The molecular weight excluding hydrogens is 534 g/mol. The van der Waals surface area contributed by atoms with Crippen LogP contribution in [0, 0.1) is 6.92 Å². The predicted molar refractivity (Wildman–Crippen MR) is 138 cm³/mol. The van der Waals surface area contributed by atoms with Gasteiger partial charge in [0.05, 0.1) is 18.5 Å². The maximum absolute atomic E-state index is 13.0. The highest BCUT2D eigenvalue weighted by Gasteiger charge is 2.19. The minimum absolute atomic E-state index is 0.0163. The average molecular weight is 556 g/mol. The van der Waals surface area contributed by atoms with E-state index in [0.29, 0.717) is 16.9 Å². The van der Waals surface area contributed by atoms with Gasteiger partial charge in [-0.3, -0.25) is 9.48 Å². The first-order valence-electron chi connectivity index (χ1n) is 10.5. The van der Waals surface area contributed by atoms with Crippen molar-refractivity contribution in [2.75, 3.05) is 7.11 Å². The van der Waals surface area contributed by atoms with Gasteiger partial charge in [-0.25, -0.2) is 9.67 Å². The fraction of sp³-hybridized carbons (Fsp3) is 0.120. The Bertz CT molecular complexity index is 1560. The lowest BCUT2D eigenvalue weighted by Gasteiger charge is -2.11. The molecule has 35 heavy (non-hydrogen) atoms. The molecule has 1 heterocycles. The highest BCUT2D eigenvalue weighted by Crippen LogP contribution is 2.31. The number of benzene rings is 3. The summed E-state index contributed by atoms with van der Waals surface area (Å²) < 4.78 is 40.0. The first kappa shape index (κ1) is 24.5. The number of hydrogen-bond acceptors (Lipinski definition) is 6. The molecule has 8 nitrogen and oxygen atoms in total. The lowest BCUT2D eigenvalue weighted by Crippen LogP contribution is -2.19. The van der Waals surface area contributed by atoms with Crippen LogP contribution < -0.4 is 14.5 Å². The Balaban J connectivity index is 1.63. The number of aromatic nitrogens is 2. The van der Waals surface area contributed by atoms with Crippen LogP contribution in [0.2, 0.25) is 0 Å². The Labute approximate surface area is 211 Å². The summed E-state index contributed by atoms with van der Waals surface area (Å²) in [7, 11) is -0.844. The molecule has 4 aromatic rings. The number of ether oxygens (including phenoxy) is 1. The van der Waals surface area contributed by atoms with Gasteiger partial charge in [0.1, 0.15) is 4.90 Å². The zero-order valence-corrected chi connectivity index (χ0v) is 21.6. The van der Waals surface area contributed by atoms with E-state index in [9.17, 15) is 13.2 Å². The molecular formula is C25H22BrN3O5S. The van der Waals surface area contributed by atoms with Crippen molar-refractivity contribution in [2.45, 2.75) is 11.8 Å². The van der Waals surface area contributed by atoms with E-state index in [4.69, 9.17) is 8.92 Å². The quantitative estimate of drug-likeness (QED) is 0.242. The molecule has 0 fully saturated rings. The second-order valence-corrected chi connectivity index (χ2v) is 10.0. The molecule has 1 aromatic heterocycles. The second kappa shape index (κ2) is 9.93.